The lowest BCUT2D eigenvalue weighted by molar-refractivity contribution is -0.384. The van der Waals surface area contributed by atoms with E-state index in [1.54, 1.807) is 12.1 Å². The molecule has 4 rings (SSSR count). The Kier molecular flexibility index (Phi) is 7.01. The molecule has 0 spiro atoms. The fraction of sp³-hybridized carbons (Fsp3) is 0.130. The van der Waals surface area contributed by atoms with Crippen molar-refractivity contribution in [3.8, 4) is 0 Å². The number of non-ortho nitro benzene ring substituents is 1. The van der Waals surface area contributed by atoms with E-state index in [4.69, 9.17) is 0 Å². The molecule has 0 N–H and O–H groups in total. The fourth-order valence-electron chi connectivity index (χ4n) is 3.23. The molecule has 1 aromatic heterocycles. The lowest BCUT2D eigenvalue weighted by Crippen LogP contribution is -2.44. The lowest BCUT2D eigenvalue weighted by Gasteiger charge is -2.19. The Labute approximate surface area is 206 Å². The molecular formula is C23H22N8O4S. The van der Waals surface area contributed by atoms with Crippen LogP contribution in [-0.4, -0.2) is 34.8 Å². The Morgan fingerprint density at radius 2 is 1.67 bits per heavy atom. The van der Waals surface area contributed by atoms with Crippen LogP contribution in [0.1, 0.15) is 11.1 Å². The van der Waals surface area contributed by atoms with Crippen LogP contribution in [0, 0.1) is 17.0 Å². The molecule has 0 fully saturated rings. The average Bonchev–Trinajstić information content (AvgIpc) is 3.26. The number of benzene rings is 3. The number of nitro groups is 1. The number of hydrogen-bond donors (Lipinski definition) is 0. The van der Waals surface area contributed by atoms with E-state index in [1.165, 1.54) is 59.1 Å². The van der Waals surface area contributed by atoms with Gasteiger partial charge in [-0.1, -0.05) is 53.1 Å². The van der Waals surface area contributed by atoms with E-state index < -0.39 is 14.9 Å². The van der Waals surface area contributed by atoms with Gasteiger partial charge in [-0.15, -0.1) is 5.11 Å². The first kappa shape index (κ1) is 24.5. The number of nitrogens with zero attached hydrogens (tertiary/aromatic N) is 8. The zero-order valence-corrected chi connectivity index (χ0v) is 20.2. The standard InChI is InChI=1S/C23H22N8O4S/c1-18-8-14-22(15-9-18)36(34,35)28(2)30-17-24-29(16-19-6-4-3-5-7-19)23(30)26-27-25-20-10-12-21(13-11-20)31(32)33/h3-15,17H,16H2,1-2H3/b26-23+,27-25?. The molecule has 13 heteroatoms. The highest BCUT2D eigenvalue weighted by molar-refractivity contribution is 7.92. The Morgan fingerprint density at radius 1 is 1.00 bits per heavy atom. The van der Waals surface area contributed by atoms with Gasteiger partial charge in [0.15, 0.2) is 0 Å². The van der Waals surface area contributed by atoms with Crippen LogP contribution in [0.25, 0.3) is 0 Å². The number of aromatic nitrogens is 3. The van der Waals surface area contributed by atoms with Crippen molar-refractivity contribution in [1.29, 1.82) is 0 Å². The molecule has 3 aromatic carbocycles. The molecule has 0 unspecified atom stereocenters. The number of aryl methyl sites for hydroxylation is 1. The van der Waals surface area contributed by atoms with Crippen molar-refractivity contribution in [2.45, 2.75) is 18.4 Å². The van der Waals surface area contributed by atoms with E-state index in [9.17, 15) is 18.5 Å². The summed E-state index contributed by atoms with van der Waals surface area (Å²) < 4.78 is 30.3. The summed E-state index contributed by atoms with van der Waals surface area (Å²) in [6.45, 7) is 2.17. The molecule has 184 valence electrons. The third-order valence-corrected chi connectivity index (χ3v) is 6.98. The van der Waals surface area contributed by atoms with Crippen LogP contribution < -0.4 is 10.0 Å². The first-order chi connectivity index (χ1) is 17.3. The van der Waals surface area contributed by atoms with Crippen LogP contribution in [0.15, 0.2) is 106 Å². The summed E-state index contributed by atoms with van der Waals surface area (Å²) in [4.78, 5) is 10.4. The third-order valence-electron chi connectivity index (χ3n) is 5.24. The van der Waals surface area contributed by atoms with E-state index in [0.29, 0.717) is 12.2 Å². The third kappa shape index (κ3) is 5.36. The maximum Gasteiger partial charge on any atom is 0.277 e. The molecular weight excluding hydrogens is 484 g/mol. The van der Waals surface area contributed by atoms with Crippen LogP contribution in [-0.2, 0) is 16.6 Å². The Morgan fingerprint density at radius 3 is 2.31 bits per heavy atom. The second-order valence-electron chi connectivity index (χ2n) is 7.73. The number of sulfonamides is 1. The summed E-state index contributed by atoms with van der Waals surface area (Å²) >= 11 is 0. The summed E-state index contributed by atoms with van der Waals surface area (Å²) in [6, 6.07) is 21.4. The maximum absolute atomic E-state index is 13.3. The van der Waals surface area contributed by atoms with E-state index in [2.05, 4.69) is 20.5 Å². The van der Waals surface area contributed by atoms with Gasteiger partial charge in [0.1, 0.15) is 6.33 Å². The van der Waals surface area contributed by atoms with Gasteiger partial charge in [0, 0.05) is 19.2 Å². The van der Waals surface area contributed by atoms with Crippen molar-refractivity contribution in [2.75, 3.05) is 11.5 Å². The molecule has 0 bridgehead atoms. The number of rotatable bonds is 8. The summed E-state index contributed by atoms with van der Waals surface area (Å²) in [6.07, 6.45) is 1.33. The Bertz CT molecular complexity index is 1560. The summed E-state index contributed by atoms with van der Waals surface area (Å²) in [5, 5.41) is 27.1. The van der Waals surface area contributed by atoms with Gasteiger partial charge in [0.05, 0.1) is 22.1 Å². The van der Waals surface area contributed by atoms with Crippen molar-refractivity contribution < 1.29 is 13.3 Å². The van der Waals surface area contributed by atoms with Gasteiger partial charge in [0.2, 0.25) is 0 Å². The van der Waals surface area contributed by atoms with Crippen molar-refractivity contribution >= 4 is 21.4 Å². The molecule has 0 saturated heterocycles. The molecule has 12 nitrogen and oxygen atoms in total. The van der Waals surface area contributed by atoms with Gasteiger partial charge < -0.3 is 0 Å². The molecule has 0 atom stereocenters. The first-order valence-electron chi connectivity index (χ1n) is 10.7. The minimum absolute atomic E-state index is 0.0763. The van der Waals surface area contributed by atoms with E-state index in [0.717, 1.165) is 15.5 Å². The van der Waals surface area contributed by atoms with Crippen molar-refractivity contribution in [1.82, 2.24) is 14.5 Å². The molecule has 0 aliphatic rings. The molecule has 36 heavy (non-hydrogen) atoms. The minimum atomic E-state index is -3.93. The number of hydrogen-bond acceptors (Lipinski definition) is 7. The van der Waals surface area contributed by atoms with Gasteiger partial charge >= 0.3 is 0 Å². The topological polar surface area (TPSA) is 140 Å². The predicted octanol–water partition coefficient (Wildman–Crippen LogP) is 3.51. The van der Waals surface area contributed by atoms with Crippen molar-refractivity contribution in [3.63, 3.8) is 0 Å². The van der Waals surface area contributed by atoms with Gasteiger partial charge in [-0.2, -0.15) is 18.2 Å². The Hall–Kier alpha value is -4.65. The zero-order chi connectivity index (χ0) is 25.7. The average molecular weight is 507 g/mol. The Balaban J connectivity index is 1.73. The second-order valence-corrected chi connectivity index (χ2v) is 9.68. The van der Waals surface area contributed by atoms with Crippen LogP contribution in [0.3, 0.4) is 0 Å². The maximum atomic E-state index is 13.3. The summed E-state index contributed by atoms with van der Waals surface area (Å²) in [5.41, 5.74) is 2.21. The second kappa shape index (κ2) is 10.3. The molecule has 0 aliphatic carbocycles. The zero-order valence-electron chi connectivity index (χ0n) is 19.4. The molecule has 1 heterocycles. The smallest absolute Gasteiger partial charge is 0.258 e. The fourth-order valence-corrected chi connectivity index (χ4v) is 4.36. The molecule has 4 aromatic rings. The largest absolute Gasteiger partial charge is 0.277 e. The first-order valence-corrected chi connectivity index (χ1v) is 12.1. The van der Waals surface area contributed by atoms with Gasteiger partial charge in [-0.3, -0.25) is 10.1 Å². The van der Waals surface area contributed by atoms with Crippen molar-refractivity contribution in [3.05, 3.63) is 112 Å². The van der Waals surface area contributed by atoms with Gasteiger partial charge in [-0.05, 0) is 42.0 Å². The lowest BCUT2D eigenvalue weighted by atomic mass is 10.2. The van der Waals surface area contributed by atoms with Crippen molar-refractivity contribution in [2.24, 2.45) is 15.4 Å². The molecule has 0 radical (unpaired) electrons. The summed E-state index contributed by atoms with van der Waals surface area (Å²) in [5.74, 6) is 0. The predicted molar refractivity (Wildman–Crippen MR) is 131 cm³/mol. The van der Waals surface area contributed by atoms with Crippen LogP contribution >= 0.6 is 0 Å². The number of nitro benzene ring substituents is 1. The quantitative estimate of drug-likeness (QED) is 0.204. The SMILES string of the molecule is Cc1ccc(S(=O)(=O)N(C)n2cnn(Cc3ccccc3)/c2=N\N=Nc2ccc([N+](=O)[O-])cc2)cc1. The van der Waals surface area contributed by atoms with E-state index in [1.807, 2.05) is 37.3 Å². The molecule has 0 saturated carbocycles. The highest BCUT2D eigenvalue weighted by Crippen LogP contribution is 2.18. The molecule has 0 amide bonds. The normalized spacial score (nSPS) is 12.2. The minimum Gasteiger partial charge on any atom is -0.258 e. The van der Waals surface area contributed by atoms with Crippen LogP contribution in [0.5, 0.6) is 0 Å². The van der Waals surface area contributed by atoms with Crippen LogP contribution in [0.2, 0.25) is 0 Å². The van der Waals surface area contributed by atoms with E-state index in [-0.39, 0.29) is 16.2 Å². The highest BCUT2D eigenvalue weighted by atomic mass is 32.2. The highest BCUT2D eigenvalue weighted by Gasteiger charge is 2.23. The van der Waals surface area contributed by atoms with E-state index >= 15 is 0 Å². The molecule has 0 aliphatic heterocycles. The van der Waals surface area contributed by atoms with Gasteiger partial charge in [-0.25, -0.2) is 9.10 Å². The monoisotopic (exact) mass is 506 g/mol. The van der Waals surface area contributed by atoms with Gasteiger partial charge in [0.25, 0.3) is 21.3 Å². The van der Waals surface area contributed by atoms with Crippen LogP contribution in [0.4, 0.5) is 11.4 Å². The summed E-state index contributed by atoms with van der Waals surface area (Å²) in [7, 11) is -2.55.